The molecule has 144 valence electrons. The molecule has 0 aliphatic rings. The zero-order chi connectivity index (χ0) is 20.4. The van der Waals surface area contributed by atoms with Crippen molar-refractivity contribution in [3.63, 3.8) is 0 Å². The van der Waals surface area contributed by atoms with E-state index in [4.69, 9.17) is 0 Å². The van der Waals surface area contributed by atoms with Gasteiger partial charge in [-0.25, -0.2) is 0 Å². The van der Waals surface area contributed by atoms with E-state index in [1.54, 1.807) is 11.3 Å². The van der Waals surface area contributed by atoms with Gasteiger partial charge < -0.3 is 0 Å². The molecule has 0 saturated heterocycles. The summed E-state index contributed by atoms with van der Waals surface area (Å²) in [4.78, 5) is 1.32. The molecule has 0 amide bonds. The van der Waals surface area contributed by atoms with Gasteiger partial charge in [0.2, 0.25) is 0 Å². The summed E-state index contributed by atoms with van der Waals surface area (Å²) in [6.45, 7) is 0. The molecule has 0 radical (unpaired) electrons. The monoisotopic (exact) mass is 410 g/mol. The Labute approximate surface area is 184 Å². The van der Waals surface area contributed by atoms with Gasteiger partial charge in [-0.2, -0.15) is 0 Å². The van der Waals surface area contributed by atoms with Crippen LogP contribution in [0.4, 0.5) is 0 Å². The highest BCUT2D eigenvalue weighted by Crippen LogP contribution is 2.38. The van der Waals surface area contributed by atoms with Crippen LogP contribution in [0.25, 0.3) is 64.3 Å². The zero-order valence-corrected chi connectivity index (χ0v) is 17.6. The molecule has 1 heteroatoms. The van der Waals surface area contributed by atoms with Gasteiger partial charge in [0.1, 0.15) is 0 Å². The minimum absolute atomic E-state index is 1.29. The number of hydrogen-bond acceptors (Lipinski definition) is 1. The Morgan fingerprint density at radius 2 is 0.935 bits per heavy atom. The van der Waals surface area contributed by atoms with E-state index in [1.807, 2.05) is 0 Å². The Morgan fingerprint density at radius 1 is 0.387 bits per heavy atom. The minimum Gasteiger partial charge on any atom is -0.144 e. The average molecular weight is 411 g/mol. The molecule has 0 unspecified atom stereocenters. The number of rotatable bonds is 1. The van der Waals surface area contributed by atoms with Crippen molar-refractivity contribution in [2.45, 2.75) is 0 Å². The topological polar surface area (TPSA) is 0 Å². The highest BCUT2D eigenvalue weighted by atomic mass is 32.1. The maximum Gasteiger partial charge on any atom is 0.0342 e. The molecule has 6 aromatic carbocycles. The molecule has 0 nitrogen and oxygen atoms in total. The van der Waals surface area contributed by atoms with Crippen molar-refractivity contribution in [3.8, 4) is 10.4 Å². The number of thiophene rings is 1. The Kier molecular flexibility index (Phi) is 3.52. The van der Waals surface area contributed by atoms with Gasteiger partial charge in [0.05, 0.1) is 0 Å². The second kappa shape index (κ2) is 6.41. The molecule has 0 N–H and O–H groups in total. The van der Waals surface area contributed by atoms with E-state index in [0.717, 1.165) is 0 Å². The molecular weight excluding hydrogens is 392 g/mol. The van der Waals surface area contributed by atoms with Crippen molar-refractivity contribution in [2.24, 2.45) is 0 Å². The molecule has 0 bridgehead atoms. The molecule has 31 heavy (non-hydrogen) atoms. The Balaban J connectivity index is 1.53. The first kappa shape index (κ1) is 17.0. The van der Waals surface area contributed by atoms with E-state index in [0.29, 0.717) is 0 Å². The molecule has 0 fully saturated rings. The van der Waals surface area contributed by atoms with Crippen molar-refractivity contribution in [1.82, 2.24) is 0 Å². The van der Waals surface area contributed by atoms with E-state index in [2.05, 4.69) is 109 Å². The highest BCUT2D eigenvalue weighted by molar-refractivity contribution is 7.13. The van der Waals surface area contributed by atoms with Crippen LogP contribution in [0.1, 0.15) is 0 Å². The molecule has 0 aliphatic heterocycles. The van der Waals surface area contributed by atoms with E-state index in [9.17, 15) is 0 Å². The lowest BCUT2D eigenvalue weighted by Crippen LogP contribution is -1.84. The van der Waals surface area contributed by atoms with Gasteiger partial charge in [0.15, 0.2) is 0 Å². The number of benzene rings is 6. The van der Waals surface area contributed by atoms with Crippen LogP contribution in [-0.4, -0.2) is 0 Å². The summed E-state index contributed by atoms with van der Waals surface area (Å²) in [7, 11) is 0. The SMILES string of the molecule is c1csc(-c2ccc3c(ccc4c3ccc3c5ccc6ccccc6c5ccc43)c2)c1. The Morgan fingerprint density at radius 3 is 1.61 bits per heavy atom. The predicted molar refractivity (Wildman–Crippen MR) is 137 cm³/mol. The van der Waals surface area contributed by atoms with Gasteiger partial charge in [-0.05, 0) is 76.9 Å². The molecule has 0 saturated carbocycles. The van der Waals surface area contributed by atoms with Crippen molar-refractivity contribution < 1.29 is 0 Å². The number of hydrogen-bond donors (Lipinski definition) is 0. The fourth-order valence-corrected chi connectivity index (χ4v) is 5.78. The van der Waals surface area contributed by atoms with E-state index < -0.39 is 0 Å². The van der Waals surface area contributed by atoms with Crippen LogP contribution in [0.5, 0.6) is 0 Å². The Hall–Kier alpha value is -3.68. The zero-order valence-electron chi connectivity index (χ0n) is 16.8. The third-order valence-corrected chi connectivity index (χ3v) is 7.46. The van der Waals surface area contributed by atoms with E-state index in [1.165, 1.54) is 64.3 Å². The van der Waals surface area contributed by atoms with Crippen LogP contribution in [0.15, 0.2) is 109 Å². The smallest absolute Gasteiger partial charge is 0.0342 e. The maximum absolute atomic E-state index is 2.32. The van der Waals surface area contributed by atoms with Gasteiger partial charge in [0, 0.05) is 4.88 Å². The quantitative estimate of drug-likeness (QED) is 0.237. The first-order valence-electron chi connectivity index (χ1n) is 10.6. The standard InChI is InChI=1S/C30H18S/c1-2-5-22-19(4-1)7-11-26-24(22)13-15-29-27-12-8-20-18-21(30-6-3-17-31-30)9-10-23(20)25(27)14-16-28(26)29/h1-18H. The molecule has 0 atom stereocenters. The van der Waals surface area contributed by atoms with Gasteiger partial charge in [0.25, 0.3) is 0 Å². The van der Waals surface area contributed by atoms with Crippen molar-refractivity contribution in [1.29, 1.82) is 0 Å². The molecule has 0 aliphatic carbocycles. The lowest BCUT2D eigenvalue weighted by atomic mass is 9.92. The fourth-order valence-electron chi connectivity index (χ4n) is 5.06. The molecule has 1 heterocycles. The van der Waals surface area contributed by atoms with Crippen LogP contribution >= 0.6 is 11.3 Å². The summed E-state index contributed by atoms with van der Waals surface area (Å²) in [5.74, 6) is 0. The lowest BCUT2D eigenvalue weighted by Gasteiger charge is -2.12. The second-order valence-corrected chi connectivity index (χ2v) is 9.13. The second-order valence-electron chi connectivity index (χ2n) is 8.18. The molecule has 0 spiro atoms. The third-order valence-electron chi connectivity index (χ3n) is 6.54. The van der Waals surface area contributed by atoms with E-state index in [-0.39, 0.29) is 0 Å². The van der Waals surface area contributed by atoms with Crippen LogP contribution in [0.2, 0.25) is 0 Å². The summed E-state index contributed by atoms with van der Waals surface area (Å²) in [5, 5.41) is 15.3. The highest BCUT2D eigenvalue weighted by Gasteiger charge is 2.10. The third kappa shape index (κ3) is 2.47. The summed E-state index contributed by atoms with van der Waals surface area (Å²) in [6, 6.07) is 38.1. The maximum atomic E-state index is 2.32. The number of fused-ring (bicyclic) bond motifs is 9. The largest absolute Gasteiger partial charge is 0.144 e. The van der Waals surface area contributed by atoms with Gasteiger partial charge in [-0.3, -0.25) is 0 Å². The van der Waals surface area contributed by atoms with E-state index >= 15 is 0 Å². The van der Waals surface area contributed by atoms with Crippen LogP contribution in [0.3, 0.4) is 0 Å². The van der Waals surface area contributed by atoms with Gasteiger partial charge in [-0.1, -0.05) is 91.0 Å². The molecule has 7 rings (SSSR count). The van der Waals surface area contributed by atoms with Crippen molar-refractivity contribution >= 4 is 65.2 Å². The van der Waals surface area contributed by atoms with Crippen LogP contribution < -0.4 is 0 Å². The first-order chi connectivity index (χ1) is 15.4. The van der Waals surface area contributed by atoms with Crippen LogP contribution in [-0.2, 0) is 0 Å². The Bertz CT molecular complexity index is 1770. The summed E-state index contributed by atoms with van der Waals surface area (Å²) in [5.41, 5.74) is 1.29. The first-order valence-corrected chi connectivity index (χ1v) is 11.5. The minimum atomic E-state index is 1.29. The van der Waals surface area contributed by atoms with Crippen molar-refractivity contribution in [2.75, 3.05) is 0 Å². The molecular formula is C30H18S. The predicted octanol–water partition coefficient (Wildman–Crippen LogP) is 9.18. The molecule has 1 aromatic heterocycles. The van der Waals surface area contributed by atoms with Crippen LogP contribution in [0, 0.1) is 0 Å². The summed E-state index contributed by atoms with van der Waals surface area (Å²) >= 11 is 1.79. The average Bonchev–Trinajstić information content (AvgIpc) is 3.38. The van der Waals surface area contributed by atoms with Gasteiger partial charge in [-0.15, -0.1) is 11.3 Å². The van der Waals surface area contributed by atoms with Gasteiger partial charge >= 0.3 is 0 Å². The van der Waals surface area contributed by atoms with Crippen molar-refractivity contribution in [3.05, 3.63) is 109 Å². The fraction of sp³-hybridized carbons (Fsp3) is 0. The summed E-state index contributed by atoms with van der Waals surface area (Å²) in [6.07, 6.45) is 0. The summed E-state index contributed by atoms with van der Waals surface area (Å²) < 4.78 is 0. The normalized spacial score (nSPS) is 11.9. The molecule has 7 aromatic rings. The lowest BCUT2D eigenvalue weighted by molar-refractivity contribution is 1.76.